The van der Waals surface area contributed by atoms with E-state index in [2.05, 4.69) is 15.5 Å². The first-order chi connectivity index (χ1) is 13.5. The fourth-order valence-electron chi connectivity index (χ4n) is 2.54. The molecule has 0 aliphatic rings. The van der Waals surface area contributed by atoms with Crippen molar-refractivity contribution in [2.45, 2.75) is 17.3 Å². The van der Waals surface area contributed by atoms with E-state index < -0.39 is 17.2 Å². The molecule has 28 heavy (non-hydrogen) atoms. The highest BCUT2D eigenvalue weighted by Gasteiger charge is 2.22. The molecule has 0 saturated carbocycles. The van der Waals surface area contributed by atoms with Gasteiger partial charge in [0.1, 0.15) is 5.75 Å². The Kier molecular flexibility index (Phi) is 5.95. The van der Waals surface area contributed by atoms with E-state index >= 15 is 0 Å². The number of benzene rings is 2. The van der Waals surface area contributed by atoms with Crippen molar-refractivity contribution < 1.29 is 14.3 Å². The molecule has 1 heterocycles. The average Bonchev–Trinajstić information content (AvgIpc) is 3.11. The number of methoxy groups -OCH3 is 1. The van der Waals surface area contributed by atoms with Crippen molar-refractivity contribution in [1.82, 2.24) is 20.1 Å². The van der Waals surface area contributed by atoms with Crippen LogP contribution in [0.5, 0.6) is 5.75 Å². The van der Waals surface area contributed by atoms with Crippen LogP contribution in [0.4, 0.5) is 4.79 Å². The van der Waals surface area contributed by atoms with Crippen molar-refractivity contribution in [3.8, 4) is 22.8 Å². The van der Waals surface area contributed by atoms with Crippen LogP contribution in [0.1, 0.15) is 6.92 Å². The molecule has 0 aliphatic heterocycles. The first-order valence-electron chi connectivity index (χ1n) is 8.42. The summed E-state index contributed by atoms with van der Waals surface area (Å²) in [5.41, 5.74) is 6.69. The second-order valence-electron chi connectivity index (χ2n) is 5.82. The number of carbonyl (C=O) groups excluding carboxylic acids is 2. The number of urea groups is 1. The van der Waals surface area contributed by atoms with E-state index in [1.165, 1.54) is 11.8 Å². The predicted octanol–water partition coefficient (Wildman–Crippen LogP) is 2.62. The molecule has 1 unspecified atom stereocenters. The number of ether oxygens (including phenoxy) is 1. The number of nitrogens with two attached hydrogens (primary N) is 1. The minimum absolute atomic E-state index is 0.497. The molecule has 0 radical (unpaired) electrons. The number of rotatable bonds is 6. The van der Waals surface area contributed by atoms with Gasteiger partial charge in [0.2, 0.25) is 5.91 Å². The van der Waals surface area contributed by atoms with Gasteiger partial charge in [0.05, 0.1) is 12.4 Å². The number of nitrogens with one attached hydrogen (secondary N) is 1. The molecule has 0 fully saturated rings. The lowest BCUT2D eigenvalue weighted by Crippen LogP contribution is -2.39. The molecule has 8 nitrogen and oxygen atoms in total. The SMILES string of the molecule is COc1cccc(-c2nnc(SC(C)C(=O)NC(N)=O)n2-c2ccccc2)c1. The minimum Gasteiger partial charge on any atom is -0.497 e. The molecular formula is C19H19N5O3S. The second-order valence-corrected chi connectivity index (χ2v) is 7.13. The summed E-state index contributed by atoms with van der Waals surface area (Å²) >= 11 is 1.18. The highest BCUT2D eigenvalue weighted by Crippen LogP contribution is 2.31. The summed E-state index contributed by atoms with van der Waals surface area (Å²) < 4.78 is 7.16. The molecule has 2 aromatic carbocycles. The van der Waals surface area contributed by atoms with E-state index in [1.807, 2.05) is 59.2 Å². The lowest BCUT2D eigenvalue weighted by molar-refractivity contribution is -0.119. The van der Waals surface area contributed by atoms with Crippen LogP contribution in [0, 0.1) is 0 Å². The number of para-hydroxylation sites is 1. The summed E-state index contributed by atoms with van der Waals surface area (Å²) in [5, 5.41) is 10.6. The number of hydrogen-bond donors (Lipinski definition) is 2. The quantitative estimate of drug-likeness (QED) is 0.619. The Hall–Kier alpha value is -3.33. The zero-order valence-electron chi connectivity index (χ0n) is 15.3. The molecule has 9 heteroatoms. The molecule has 3 N–H and O–H groups in total. The van der Waals surface area contributed by atoms with Gasteiger partial charge >= 0.3 is 6.03 Å². The van der Waals surface area contributed by atoms with Gasteiger partial charge in [-0.25, -0.2) is 4.79 Å². The monoisotopic (exact) mass is 397 g/mol. The average molecular weight is 397 g/mol. The summed E-state index contributed by atoms with van der Waals surface area (Å²) in [7, 11) is 1.60. The second kappa shape index (κ2) is 8.57. The van der Waals surface area contributed by atoms with Gasteiger partial charge in [-0.15, -0.1) is 10.2 Å². The number of imide groups is 1. The van der Waals surface area contributed by atoms with Crippen LogP contribution in [-0.4, -0.2) is 39.1 Å². The summed E-state index contributed by atoms with van der Waals surface area (Å²) in [4.78, 5) is 23.0. The fourth-order valence-corrected chi connectivity index (χ4v) is 3.41. The maximum atomic E-state index is 12.1. The van der Waals surface area contributed by atoms with Gasteiger partial charge in [-0.1, -0.05) is 42.1 Å². The van der Waals surface area contributed by atoms with Crippen molar-refractivity contribution in [3.63, 3.8) is 0 Å². The number of aromatic nitrogens is 3. The fraction of sp³-hybridized carbons (Fsp3) is 0.158. The van der Waals surface area contributed by atoms with Gasteiger partial charge in [-0.05, 0) is 31.2 Å². The standard InChI is InChI=1S/C19H19N5O3S/c1-12(17(25)21-18(20)26)28-19-23-22-16(13-7-6-10-15(11-13)27-2)24(19)14-8-4-3-5-9-14/h3-12H,1-2H3,(H3,20,21,25,26). The molecule has 1 aromatic heterocycles. The summed E-state index contributed by atoms with van der Waals surface area (Å²) in [6.45, 7) is 1.66. The lowest BCUT2D eigenvalue weighted by atomic mass is 10.2. The van der Waals surface area contributed by atoms with E-state index in [4.69, 9.17) is 10.5 Å². The van der Waals surface area contributed by atoms with Gasteiger partial charge in [-0.3, -0.25) is 14.7 Å². The van der Waals surface area contributed by atoms with Gasteiger partial charge in [-0.2, -0.15) is 0 Å². The molecule has 3 aromatic rings. The summed E-state index contributed by atoms with van der Waals surface area (Å²) in [6, 6.07) is 16.2. The van der Waals surface area contributed by atoms with E-state index in [9.17, 15) is 9.59 Å². The van der Waals surface area contributed by atoms with E-state index in [-0.39, 0.29) is 0 Å². The van der Waals surface area contributed by atoms with Crippen molar-refractivity contribution in [2.75, 3.05) is 7.11 Å². The Labute approximate surface area is 166 Å². The third kappa shape index (κ3) is 4.32. The number of primary amides is 1. The summed E-state index contributed by atoms with van der Waals surface area (Å²) in [6.07, 6.45) is 0. The van der Waals surface area contributed by atoms with Crippen LogP contribution in [0.2, 0.25) is 0 Å². The van der Waals surface area contributed by atoms with Gasteiger partial charge < -0.3 is 10.5 Å². The topological polar surface area (TPSA) is 112 Å². The molecular weight excluding hydrogens is 378 g/mol. The Morgan fingerprint density at radius 3 is 2.57 bits per heavy atom. The smallest absolute Gasteiger partial charge is 0.318 e. The molecule has 1 atom stereocenters. The van der Waals surface area contributed by atoms with Crippen molar-refractivity contribution in [3.05, 3.63) is 54.6 Å². The molecule has 3 amide bonds. The van der Waals surface area contributed by atoms with E-state index in [0.29, 0.717) is 16.7 Å². The molecule has 3 rings (SSSR count). The molecule has 0 saturated heterocycles. The Morgan fingerprint density at radius 2 is 1.89 bits per heavy atom. The number of amides is 3. The highest BCUT2D eigenvalue weighted by molar-refractivity contribution is 8.00. The van der Waals surface area contributed by atoms with Crippen LogP contribution in [0.15, 0.2) is 59.8 Å². The Morgan fingerprint density at radius 1 is 1.14 bits per heavy atom. The predicted molar refractivity (Wildman–Crippen MR) is 106 cm³/mol. The molecule has 0 aliphatic carbocycles. The first-order valence-corrected chi connectivity index (χ1v) is 9.29. The van der Waals surface area contributed by atoms with Crippen molar-refractivity contribution in [2.24, 2.45) is 5.73 Å². The van der Waals surface area contributed by atoms with Crippen LogP contribution in [0.3, 0.4) is 0 Å². The van der Waals surface area contributed by atoms with Gasteiger partial charge in [0, 0.05) is 11.3 Å². The largest absolute Gasteiger partial charge is 0.497 e. The zero-order chi connectivity index (χ0) is 20.1. The number of hydrogen-bond acceptors (Lipinski definition) is 6. The third-order valence-electron chi connectivity index (χ3n) is 3.87. The van der Waals surface area contributed by atoms with Crippen LogP contribution < -0.4 is 15.8 Å². The van der Waals surface area contributed by atoms with Crippen molar-refractivity contribution >= 4 is 23.7 Å². The lowest BCUT2D eigenvalue weighted by Gasteiger charge is -2.13. The Bertz CT molecular complexity index is 990. The Balaban J connectivity index is 2.03. The summed E-state index contributed by atoms with van der Waals surface area (Å²) in [5.74, 6) is 0.807. The molecule has 144 valence electrons. The van der Waals surface area contributed by atoms with E-state index in [0.717, 1.165) is 11.3 Å². The zero-order valence-corrected chi connectivity index (χ0v) is 16.1. The van der Waals surface area contributed by atoms with Crippen LogP contribution >= 0.6 is 11.8 Å². The maximum Gasteiger partial charge on any atom is 0.318 e. The van der Waals surface area contributed by atoms with Gasteiger partial charge in [0.25, 0.3) is 0 Å². The minimum atomic E-state index is -0.890. The van der Waals surface area contributed by atoms with E-state index in [1.54, 1.807) is 14.0 Å². The number of thioether (sulfide) groups is 1. The highest BCUT2D eigenvalue weighted by atomic mass is 32.2. The van der Waals surface area contributed by atoms with Gasteiger partial charge in [0.15, 0.2) is 11.0 Å². The number of carbonyl (C=O) groups is 2. The van der Waals surface area contributed by atoms with Crippen LogP contribution in [-0.2, 0) is 4.79 Å². The maximum absolute atomic E-state index is 12.1. The third-order valence-corrected chi connectivity index (χ3v) is 4.92. The van der Waals surface area contributed by atoms with Crippen LogP contribution in [0.25, 0.3) is 17.1 Å². The van der Waals surface area contributed by atoms with Crippen molar-refractivity contribution in [1.29, 1.82) is 0 Å². The number of nitrogens with zero attached hydrogens (tertiary/aromatic N) is 3. The molecule has 0 spiro atoms. The first kappa shape index (κ1) is 19.4. The normalized spacial score (nSPS) is 11.6. The molecule has 0 bridgehead atoms.